The number of halogens is 1. The number of guanidine groups is 1. The van der Waals surface area contributed by atoms with Crippen molar-refractivity contribution in [2.24, 2.45) is 4.99 Å². The number of esters is 1. The van der Waals surface area contributed by atoms with Gasteiger partial charge in [-0.1, -0.05) is 12.1 Å². The van der Waals surface area contributed by atoms with Crippen molar-refractivity contribution in [1.29, 1.82) is 0 Å². The van der Waals surface area contributed by atoms with Gasteiger partial charge in [0.05, 0.1) is 19.8 Å². The number of aryl methyl sites for hydroxylation is 1. The maximum absolute atomic E-state index is 11.2. The summed E-state index contributed by atoms with van der Waals surface area (Å²) >= 11 is 0. The molecule has 164 valence electrons. The number of ether oxygens (including phenoxy) is 2. The topological polar surface area (TPSA) is 72.0 Å². The Morgan fingerprint density at radius 3 is 2.66 bits per heavy atom. The lowest BCUT2D eigenvalue weighted by atomic mass is 10.1. The van der Waals surface area contributed by atoms with Crippen LogP contribution >= 0.6 is 24.0 Å². The summed E-state index contributed by atoms with van der Waals surface area (Å²) in [4.78, 5) is 15.9. The normalized spacial score (nSPS) is 14.2. The minimum Gasteiger partial charge on any atom is -0.490 e. The van der Waals surface area contributed by atoms with E-state index in [1.54, 1.807) is 0 Å². The number of hydrogen-bond donors (Lipinski definition) is 2. The minimum atomic E-state index is -0.158. The first kappa shape index (κ1) is 25.5. The van der Waals surface area contributed by atoms with Gasteiger partial charge in [0.25, 0.3) is 0 Å². The maximum atomic E-state index is 11.2. The third-order valence-corrected chi connectivity index (χ3v) is 4.90. The summed E-state index contributed by atoms with van der Waals surface area (Å²) in [6.07, 6.45) is 7.29. The van der Waals surface area contributed by atoms with E-state index in [-0.39, 0.29) is 29.9 Å². The van der Waals surface area contributed by atoms with Gasteiger partial charge in [-0.05, 0) is 64.0 Å². The molecular weight excluding hydrogens is 481 g/mol. The fourth-order valence-electron chi connectivity index (χ4n) is 3.30. The van der Waals surface area contributed by atoms with Crippen LogP contribution < -0.4 is 15.4 Å². The molecule has 0 aliphatic heterocycles. The van der Waals surface area contributed by atoms with Crippen LogP contribution in [0.1, 0.15) is 63.0 Å². The Hall–Kier alpha value is -1.51. The van der Waals surface area contributed by atoms with Crippen molar-refractivity contribution in [3.63, 3.8) is 0 Å². The van der Waals surface area contributed by atoms with E-state index in [4.69, 9.17) is 9.73 Å². The first-order valence-corrected chi connectivity index (χ1v) is 10.5. The molecule has 0 bridgehead atoms. The van der Waals surface area contributed by atoms with Gasteiger partial charge >= 0.3 is 5.97 Å². The molecule has 0 unspecified atom stereocenters. The van der Waals surface area contributed by atoms with Gasteiger partial charge in [0.15, 0.2) is 5.96 Å². The predicted molar refractivity (Wildman–Crippen MR) is 128 cm³/mol. The van der Waals surface area contributed by atoms with Gasteiger partial charge in [0.1, 0.15) is 5.75 Å². The molecule has 29 heavy (non-hydrogen) atoms. The molecular formula is C22H36IN3O3. The van der Waals surface area contributed by atoms with Gasteiger partial charge in [0, 0.05) is 25.1 Å². The number of methoxy groups -OCH3 is 1. The number of rotatable bonds is 10. The molecule has 1 fully saturated rings. The number of carbonyl (C=O) groups is 1. The quantitative estimate of drug-likeness (QED) is 0.159. The second kappa shape index (κ2) is 14.5. The van der Waals surface area contributed by atoms with E-state index < -0.39 is 0 Å². The Bertz CT molecular complexity index is 646. The Balaban J connectivity index is 0.00000420. The molecule has 2 rings (SSSR count). The zero-order chi connectivity index (χ0) is 20.2. The number of nitrogens with one attached hydrogen (secondary N) is 2. The third kappa shape index (κ3) is 9.69. The predicted octanol–water partition coefficient (Wildman–Crippen LogP) is 4.33. The van der Waals surface area contributed by atoms with Crippen LogP contribution in [0.25, 0.3) is 0 Å². The van der Waals surface area contributed by atoms with Crippen molar-refractivity contribution in [3.8, 4) is 5.75 Å². The Kier molecular flexibility index (Phi) is 12.7. The van der Waals surface area contributed by atoms with E-state index in [0.29, 0.717) is 19.1 Å². The molecule has 0 amide bonds. The van der Waals surface area contributed by atoms with E-state index in [0.717, 1.165) is 56.0 Å². The zero-order valence-electron chi connectivity index (χ0n) is 18.0. The highest BCUT2D eigenvalue weighted by molar-refractivity contribution is 14.0. The molecule has 0 heterocycles. The summed E-state index contributed by atoms with van der Waals surface area (Å²) in [5.41, 5.74) is 2.32. The van der Waals surface area contributed by atoms with E-state index in [1.807, 2.05) is 0 Å². The van der Waals surface area contributed by atoms with Crippen LogP contribution in [0.15, 0.2) is 23.2 Å². The van der Waals surface area contributed by atoms with Gasteiger partial charge in [-0.3, -0.25) is 4.79 Å². The number of carbonyl (C=O) groups excluding carboxylic acids is 1. The Morgan fingerprint density at radius 1 is 1.21 bits per heavy atom. The first-order chi connectivity index (χ1) is 13.6. The molecule has 1 aliphatic rings. The number of nitrogens with zero attached hydrogens (tertiary/aromatic N) is 1. The molecule has 1 aromatic rings. The van der Waals surface area contributed by atoms with Crippen molar-refractivity contribution < 1.29 is 14.3 Å². The lowest BCUT2D eigenvalue weighted by molar-refractivity contribution is -0.140. The van der Waals surface area contributed by atoms with E-state index in [9.17, 15) is 4.79 Å². The molecule has 0 spiro atoms. The van der Waals surface area contributed by atoms with Crippen LogP contribution in [0.3, 0.4) is 0 Å². The first-order valence-electron chi connectivity index (χ1n) is 10.5. The molecule has 7 heteroatoms. The van der Waals surface area contributed by atoms with Crippen LogP contribution in [0.5, 0.6) is 5.75 Å². The highest BCUT2D eigenvalue weighted by Gasteiger charge is 2.18. The molecule has 0 aromatic heterocycles. The van der Waals surface area contributed by atoms with Crippen LogP contribution in [-0.2, 0) is 16.1 Å². The van der Waals surface area contributed by atoms with Gasteiger partial charge in [-0.25, -0.2) is 4.99 Å². The van der Waals surface area contributed by atoms with Gasteiger partial charge in [-0.2, -0.15) is 0 Å². The van der Waals surface area contributed by atoms with Crippen LogP contribution in [0.4, 0.5) is 0 Å². The average molecular weight is 517 g/mol. The molecule has 2 N–H and O–H groups in total. The highest BCUT2D eigenvalue weighted by Crippen LogP contribution is 2.28. The molecule has 0 saturated heterocycles. The number of benzene rings is 1. The Morgan fingerprint density at radius 2 is 1.97 bits per heavy atom. The van der Waals surface area contributed by atoms with Crippen molar-refractivity contribution >= 4 is 35.9 Å². The summed E-state index contributed by atoms with van der Waals surface area (Å²) in [6.45, 7) is 6.28. The van der Waals surface area contributed by atoms with Crippen molar-refractivity contribution in [2.45, 2.75) is 71.4 Å². The lowest BCUT2D eigenvalue weighted by Crippen LogP contribution is -2.37. The largest absolute Gasteiger partial charge is 0.490 e. The number of hydrogen-bond acceptors (Lipinski definition) is 4. The Labute approximate surface area is 192 Å². The van der Waals surface area contributed by atoms with Crippen molar-refractivity contribution in [3.05, 3.63) is 29.3 Å². The third-order valence-electron chi connectivity index (χ3n) is 4.90. The summed E-state index contributed by atoms with van der Waals surface area (Å²) in [5, 5.41) is 6.61. The van der Waals surface area contributed by atoms with E-state index in [1.165, 1.54) is 25.5 Å². The molecule has 0 radical (unpaired) electrons. The molecule has 1 aromatic carbocycles. The second-order valence-corrected chi connectivity index (χ2v) is 7.29. The van der Waals surface area contributed by atoms with Crippen molar-refractivity contribution in [1.82, 2.24) is 10.6 Å². The second-order valence-electron chi connectivity index (χ2n) is 7.29. The number of aliphatic imine (C=N–C) groups is 1. The maximum Gasteiger partial charge on any atom is 0.305 e. The standard InChI is InChI=1S/C22H35N3O3.HI/c1-4-23-22(24-14-8-7-11-21(26)27-3)25-16-18-13-12-17(2)15-20(18)28-19-9-5-6-10-19;/h12-13,15,19H,4-11,14,16H2,1-3H3,(H2,23,24,25);1H. The van der Waals surface area contributed by atoms with Gasteiger partial charge in [-0.15, -0.1) is 24.0 Å². The summed E-state index contributed by atoms with van der Waals surface area (Å²) in [7, 11) is 1.42. The van der Waals surface area contributed by atoms with E-state index in [2.05, 4.69) is 47.4 Å². The fourth-order valence-corrected chi connectivity index (χ4v) is 3.30. The highest BCUT2D eigenvalue weighted by atomic mass is 127. The lowest BCUT2D eigenvalue weighted by Gasteiger charge is -2.17. The van der Waals surface area contributed by atoms with Crippen LogP contribution in [0.2, 0.25) is 0 Å². The summed E-state index contributed by atoms with van der Waals surface area (Å²) < 4.78 is 10.9. The fraction of sp³-hybridized carbons (Fsp3) is 0.636. The average Bonchev–Trinajstić information content (AvgIpc) is 3.19. The molecule has 1 saturated carbocycles. The SMILES string of the molecule is CCNC(=NCc1ccc(C)cc1OC1CCCC1)NCCCCC(=O)OC.I. The molecule has 6 nitrogen and oxygen atoms in total. The van der Waals surface area contributed by atoms with Crippen molar-refractivity contribution in [2.75, 3.05) is 20.2 Å². The summed E-state index contributed by atoms with van der Waals surface area (Å²) in [5.74, 6) is 1.59. The van der Waals surface area contributed by atoms with Gasteiger partial charge < -0.3 is 20.1 Å². The van der Waals surface area contributed by atoms with Gasteiger partial charge in [0.2, 0.25) is 0 Å². The smallest absolute Gasteiger partial charge is 0.305 e. The molecule has 0 atom stereocenters. The van der Waals surface area contributed by atoms with Crippen LogP contribution in [-0.4, -0.2) is 38.2 Å². The summed E-state index contributed by atoms with van der Waals surface area (Å²) in [6, 6.07) is 6.35. The number of unbranched alkanes of at least 4 members (excludes halogenated alkanes) is 1. The monoisotopic (exact) mass is 517 g/mol. The van der Waals surface area contributed by atoms with E-state index >= 15 is 0 Å². The minimum absolute atomic E-state index is 0. The van der Waals surface area contributed by atoms with Crippen LogP contribution in [0, 0.1) is 6.92 Å². The molecule has 1 aliphatic carbocycles. The zero-order valence-corrected chi connectivity index (χ0v) is 20.3.